The van der Waals surface area contributed by atoms with E-state index in [0.29, 0.717) is 30.6 Å². The van der Waals surface area contributed by atoms with Crippen molar-refractivity contribution in [3.63, 3.8) is 0 Å². The number of rotatable bonds is 6. The fourth-order valence-corrected chi connectivity index (χ4v) is 4.13. The van der Waals surface area contributed by atoms with Gasteiger partial charge in [-0.25, -0.2) is 4.98 Å². The van der Waals surface area contributed by atoms with Crippen molar-refractivity contribution in [3.05, 3.63) is 35.2 Å². The Morgan fingerprint density at radius 1 is 1.35 bits per heavy atom. The molecule has 1 aliphatic heterocycles. The highest BCUT2D eigenvalue weighted by atomic mass is 32.1. The molecule has 6 nitrogen and oxygen atoms in total. The second-order valence-electron chi connectivity index (χ2n) is 6.86. The summed E-state index contributed by atoms with van der Waals surface area (Å²) in [5, 5.41) is 12.5. The summed E-state index contributed by atoms with van der Waals surface area (Å²) in [6.45, 7) is 5.48. The van der Waals surface area contributed by atoms with Crippen LogP contribution >= 0.6 is 11.3 Å². The third-order valence-electron chi connectivity index (χ3n) is 4.46. The second kappa shape index (κ2) is 7.97. The maximum Gasteiger partial charge on any atom is 0.307 e. The second-order valence-corrected chi connectivity index (χ2v) is 7.89. The van der Waals surface area contributed by atoms with Gasteiger partial charge in [0.05, 0.1) is 18.2 Å². The van der Waals surface area contributed by atoms with Gasteiger partial charge in [-0.2, -0.15) is 0 Å². The van der Waals surface area contributed by atoms with E-state index in [2.05, 4.69) is 24.1 Å². The number of carbonyl (C=O) groups excluding carboxylic acids is 1. The van der Waals surface area contributed by atoms with Crippen LogP contribution in [0, 0.1) is 5.92 Å². The summed E-state index contributed by atoms with van der Waals surface area (Å²) in [6, 6.07) is 9.95. The molecule has 0 radical (unpaired) electrons. The van der Waals surface area contributed by atoms with Crippen LogP contribution in [0.2, 0.25) is 0 Å². The van der Waals surface area contributed by atoms with Crippen molar-refractivity contribution >= 4 is 28.3 Å². The van der Waals surface area contributed by atoms with Crippen LogP contribution in [-0.2, 0) is 9.59 Å². The van der Waals surface area contributed by atoms with Gasteiger partial charge in [0.2, 0.25) is 5.91 Å². The van der Waals surface area contributed by atoms with Gasteiger partial charge in [0.1, 0.15) is 0 Å². The lowest BCUT2D eigenvalue weighted by atomic mass is 10.1. The number of benzene rings is 1. The van der Waals surface area contributed by atoms with Crippen LogP contribution in [-0.4, -0.2) is 46.5 Å². The smallest absolute Gasteiger partial charge is 0.307 e. The van der Waals surface area contributed by atoms with Crippen LogP contribution in [0.1, 0.15) is 31.1 Å². The Balaban J connectivity index is 1.68. The van der Waals surface area contributed by atoms with E-state index in [1.54, 1.807) is 0 Å². The summed E-state index contributed by atoms with van der Waals surface area (Å²) < 4.78 is 0. The lowest BCUT2D eigenvalue weighted by molar-refractivity contribution is -0.141. The first-order chi connectivity index (χ1) is 12.4. The van der Waals surface area contributed by atoms with Crippen LogP contribution in [0.5, 0.6) is 0 Å². The number of thiazole rings is 1. The molecule has 0 bridgehead atoms. The molecule has 1 aliphatic rings. The van der Waals surface area contributed by atoms with Crippen molar-refractivity contribution in [1.82, 2.24) is 9.88 Å². The van der Waals surface area contributed by atoms with Crippen LogP contribution in [0.25, 0.3) is 11.3 Å². The molecule has 1 amide bonds. The predicted octanol–water partition coefficient (Wildman–Crippen LogP) is 3.28. The fraction of sp³-hybridized carbons (Fsp3) is 0.421. The highest BCUT2D eigenvalue weighted by molar-refractivity contribution is 7.16. The van der Waals surface area contributed by atoms with Crippen LogP contribution in [0.3, 0.4) is 0 Å². The first-order valence-corrected chi connectivity index (χ1v) is 9.57. The Bertz CT molecular complexity index is 789. The molecule has 1 aromatic heterocycles. The van der Waals surface area contributed by atoms with Gasteiger partial charge < -0.3 is 10.4 Å². The number of amides is 1. The van der Waals surface area contributed by atoms with Crippen LogP contribution < -0.4 is 5.32 Å². The van der Waals surface area contributed by atoms with E-state index < -0.39 is 5.97 Å². The average molecular weight is 373 g/mol. The molecule has 1 atom stereocenters. The normalized spacial score (nSPS) is 17.6. The Morgan fingerprint density at radius 3 is 2.69 bits per heavy atom. The molecule has 1 unspecified atom stereocenters. The molecule has 2 N–H and O–H groups in total. The van der Waals surface area contributed by atoms with Gasteiger partial charge in [-0.1, -0.05) is 44.2 Å². The molecule has 26 heavy (non-hydrogen) atoms. The lowest BCUT2D eigenvalue weighted by Crippen LogP contribution is -2.32. The topological polar surface area (TPSA) is 82.5 Å². The van der Waals surface area contributed by atoms with Gasteiger partial charge in [0, 0.05) is 17.0 Å². The Kier molecular flexibility index (Phi) is 5.68. The third kappa shape index (κ3) is 4.28. The minimum Gasteiger partial charge on any atom is -0.481 e. The molecule has 138 valence electrons. The summed E-state index contributed by atoms with van der Waals surface area (Å²) in [7, 11) is 0. The standard InChI is InChI=1S/C19H23N3O3S/c1-12(2)17-16(13-6-4-3-5-7-13)21-19(26-17)20-15(23)11-22-9-8-14(10-22)18(24)25/h3-7,12,14H,8-11H2,1-2H3,(H,24,25)(H,20,21,23). The maximum atomic E-state index is 12.3. The third-order valence-corrected chi connectivity index (χ3v) is 5.73. The first-order valence-electron chi connectivity index (χ1n) is 8.75. The van der Waals surface area contributed by atoms with E-state index in [4.69, 9.17) is 5.11 Å². The van der Waals surface area contributed by atoms with Crippen molar-refractivity contribution in [2.75, 3.05) is 25.0 Å². The summed E-state index contributed by atoms with van der Waals surface area (Å²) in [5.41, 5.74) is 1.95. The van der Waals surface area contributed by atoms with Gasteiger partial charge in [-0.3, -0.25) is 14.5 Å². The molecule has 0 spiro atoms. The van der Waals surface area contributed by atoms with E-state index >= 15 is 0 Å². The monoisotopic (exact) mass is 373 g/mol. The number of nitrogens with one attached hydrogen (secondary N) is 1. The zero-order chi connectivity index (χ0) is 18.7. The number of hydrogen-bond acceptors (Lipinski definition) is 5. The van der Waals surface area contributed by atoms with Gasteiger partial charge in [0.25, 0.3) is 0 Å². The summed E-state index contributed by atoms with van der Waals surface area (Å²) in [5.74, 6) is -1.01. The van der Waals surface area contributed by atoms with Crippen molar-refractivity contribution in [2.24, 2.45) is 5.92 Å². The molecular formula is C19H23N3O3S. The zero-order valence-electron chi connectivity index (χ0n) is 14.9. The summed E-state index contributed by atoms with van der Waals surface area (Å²) >= 11 is 1.50. The lowest BCUT2D eigenvalue weighted by Gasteiger charge is -2.13. The number of likely N-dealkylation sites (tertiary alicyclic amines) is 1. The Morgan fingerprint density at radius 2 is 2.08 bits per heavy atom. The first kappa shape index (κ1) is 18.5. The number of anilines is 1. The molecule has 0 saturated carbocycles. The van der Waals surface area contributed by atoms with Crippen molar-refractivity contribution < 1.29 is 14.7 Å². The molecule has 2 aromatic rings. The van der Waals surface area contributed by atoms with E-state index in [1.165, 1.54) is 11.3 Å². The van der Waals surface area contributed by atoms with Gasteiger partial charge in [0.15, 0.2) is 5.13 Å². The minimum absolute atomic E-state index is 0.153. The molecule has 1 fully saturated rings. The average Bonchev–Trinajstić information content (AvgIpc) is 3.23. The number of nitrogens with zero attached hydrogens (tertiary/aromatic N) is 2. The molecule has 1 saturated heterocycles. The highest BCUT2D eigenvalue weighted by Crippen LogP contribution is 2.36. The van der Waals surface area contributed by atoms with Crippen LogP contribution in [0.4, 0.5) is 5.13 Å². The summed E-state index contributed by atoms with van der Waals surface area (Å²) in [6.07, 6.45) is 0.593. The number of carbonyl (C=O) groups is 2. The largest absolute Gasteiger partial charge is 0.481 e. The van der Waals surface area contributed by atoms with E-state index in [9.17, 15) is 9.59 Å². The molecule has 3 rings (SSSR count). The number of carboxylic acids is 1. The van der Waals surface area contributed by atoms with Gasteiger partial charge >= 0.3 is 5.97 Å². The Labute approximate surface area is 156 Å². The van der Waals surface area contributed by atoms with Crippen molar-refractivity contribution in [1.29, 1.82) is 0 Å². The van der Waals surface area contributed by atoms with Crippen molar-refractivity contribution in [3.8, 4) is 11.3 Å². The Hall–Kier alpha value is -2.25. The van der Waals surface area contributed by atoms with E-state index in [1.807, 2.05) is 35.2 Å². The molecule has 2 heterocycles. The molecular weight excluding hydrogens is 350 g/mol. The quantitative estimate of drug-likeness (QED) is 0.812. The fourth-order valence-electron chi connectivity index (χ4n) is 3.12. The number of hydrogen-bond donors (Lipinski definition) is 2. The maximum absolute atomic E-state index is 12.3. The number of aliphatic carboxylic acids is 1. The highest BCUT2D eigenvalue weighted by Gasteiger charge is 2.29. The van der Waals surface area contributed by atoms with Gasteiger partial charge in [-0.05, 0) is 18.9 Å². The van der Waals surface area contributed by atoms with E-state index in [-0.39, 0.29) is 18.4 Å². The molecule has 7 heteroatoms. The summed E-state index contributed by atoms with van der Waals surface area (Å²) in [4.78, 5) is 31.0. The van der Waals surface area contributed by atoms with E-state index in [0.717, 1.165) is 16.1 Å². The predicted molar refractivity (Wildman–Crippen MR) is 102 cm³/mol. The molecule has 1 aromatic carbocycles. The molecule has 0 aliphatic carbocycles. The SMILES string of the molecule is CC(C)c1sc(NC(=O)CN2CCC(C(=O)O)C2)nc1-c1ccccc1. The number of aromatic nitrogens is 1. The minimum atomic E-state index is -0.790. The van der Waals surface area contributed by atoms with Gasteiger partial charge in [-0.15, -0.1) is 11.3 Å². The number of carboxylic acid groups (broad SMARTS) is 1. The van der Waals surface area contributed by atoms with Crippen LogP contribution in [0.15, 0.2) is 30.3 Å². The van der Waals surface area contributed by atoms with Crippen molar-refractivity contribution in [2.45, 2.75) is 26.2 Å². The zero-order valence-corrected chi connectivity index (χ0v) is 15.8.